The van der Waals surface area contributed by atoms with Gasteiger partial charge in [-0.25, -0.2) is 0 Å². The van der Waals surface area contributed by atoms with E-state index in [2.05, 4.69) is 262 Å². The van der Waals surface area contributed by atoms with E-state index in [9.17, 15) is 0 Å². The molecule has 0 aliphatic carbocycles. The molecule has 0 atom stereocenters. The molecular weight excluding hydrogens is 913 g/mol. The first-order chi connectivity index (χ1) is 36.7. The van der Waals surface area contributed by atoms with Gasteiger partial charge in [0.05, 0.1) is 48.5 Å². The number of hydrogen-bond donors (Lipinski definition) is 0. The zero-order valence-electron chi connectivity index (χ0n) is 40.5. The fourth-order valence-corrected chi connectivity index (χ4v) is 11.1. The maximum Gasteiger partial charge on any atom is 0.184 e. The molecule has 4 heterocycles. The lowest BCUT2D eigenvalue weighted by atomic mass is 10.0. The predicted molar refractivity (Wildman–Crippen MR) is 299 cm³/mol. The van der Waals surface area contributed by atoms with Crippen LogP contribution in [0.2, 0.25) is 0 Å². The fourth-order valence-electron chi connectivity index (χ4n) is 11.1. The van der Waals surface area contributed by atoms with E-state index in [1.165, 1.54) is 0 Å². The summed E-state index contributed by atoms with van der Waals surface area (Å²) >= 11 is 0. The lowest BCUT2D eigenvalue weighted by molar-refractivity contribution is -0.0442. The Bertz CT molecular complexity index is 3700. The monoisotopic (exact) mass is 962 g/mol. The summed E-state index contributed by atoms with van der Waals surface area (Å²) in [5.41, 5.74) is 17.5. The van der Waals surface area contributed by atoms with Crippen LogP contribution >= 0.6 is 0 Å². The van der Waals surface area contributed by atoms with Gasteiger partial charge in [0.15, 0.2) is 12.6 Å². The van der Waals surface area contributed by atoms with Crippen molar-refractivity contribution in [2.45, 2.75) is 12.6 Å². The first kappa shape index (κ1) is 44.0. The van der Waals surface area contributed by atoms with Gasteiger partial charge in [-0.15, -0.1) is 0 Å². The Morgan fingerprint density at radius 1 is 0.284 bits per heavy atom. The fraction of sp³-hybridized carbons (Fsp3) is 0.0909. The van der Waals surface area contributed by atoms with Crippen LogP contribution in [0.5, 0.6) is 0 Å². The molecule has 2 fully saturated rings. The van der Waals surface area contributed by atoms with E-state index < -0.39 is 0 Å². The average Bonchev–Trinajstić information content (AvgIpc) is 4.32. The highest BCUT2D eigenvalue weighted by atomic mass is 16.7. The quantitative estimate of drug-likeness (QED) is 0.129. The number of para-hydroxylation sites is 4. The number of nitrogens with zero attached hydrogens (tertiary/aromatic N) is 4. The molecule has 0 unspecified atom stereocenters. The van der Waals surface area contributed by atoms with Crippen LogP contribution in [0.15, 0.2) is 243 Å². The summed E-state index contributed by atoms with van der Waals surface area (Å²) in [6.45, 7) is 2.38. The Hall–Kier alpha value is -8.76. The van der Waals surface area contributed by atoms with Crippen molar-refractivity contribution in [1.82, 2.24) is 9.13 Å². The van der Waals surface area contributed by atoms with Crippen molar-refractivity contribution in [3.05, 3.63) is 254 Å². The first-order valence-electron chi connectivity index (χ1n) is 25.3. The maximum absolute atomic E-state index is 5.97. The first-order valence-corrected chi connectivity index (χ1v) is 25.3. The van der Waals surface area contributed by atoms with Crippen molar-refractivity contribution in [1.29, 1.82) is 0 Å². The summed E-state index contributed by atoms with van der Waals surface area (Å²) in [5, 5.41) is 4.60. The van der Waals surface area contributed by atoms with Gasteiger partial charge < -0.3 is 37.9 Å². The van der Waals surface area contributed by atoms with Crippen LogP contribution in [0.25, 0.3) is 66.1 Å². The molecule has 2 aliphatic rings. The van der Waals surface area contributed by atoms with Crippen molar-refractivity contribution >= 4 is 77.7 Å². The van der Waals surface area contributed by atoms with E-state index in [1.807, 2.05) is 0 Å². The Kier molecular flexibility index (Phi) is 11.1. The SMILES string of the molecule is c1ccc(N(c2ccc(-c3ccc(N(c4ccccc4)c4ccc5c(c4)c4cc(C6OCCO6)ccc4n5-c4ccccc4)cc3)cc2)c2ccc3c(c2)c2cc(C4OCCO4)ccc2n3-c2ccccc2)cc1. The van der Waals surface area contributed by atoms with Crippen molar-refractivity contribution in [3.63, 3.8) is 0 Å². The normalized spacial score (nSPS) is 14.2. The third kappa shape index (κ3) is 7.80. The van der Waals surface area contributed by atoms with Gasteiger partial charge in [0, 0.05) is 78.2 Å². The minimum atomic E-state index is -0.366. The summed E-state index contributed by atoms with van der Waals surface area (Å²) in [6.07, 6.45) is -0.733. The van der Waals surface area contributed by atoms with Crippen LogP contribution in [-0.2, 0) is 18.9 Å². The van der Waals surface area contributed by atoms with Gasteiger partial charge in [-0.05, 0) is 145 Å². The van der Waals surface area contributed by atoms with Crippen LogP contribution in [0, 0.1) is 0 Å². The number of anilines is 6. The molecule has 0 saturated carbocycles. The zero-order chi connectivity index (χ0) is 49.0. The van der Waals surface area contributed by atoms with Gasteiger partial charge in [-0.3, -0.25) is 0 Å². The molecule has 8 nitrogen and oxygen atoms in total. The molecule has 2 aliphatic heterocycles. The van der Waals surface area contributed by atoms with Crippen molar-refractivity contribution in [3.8, 4) is 22.5 Å². The van der Waals surface area contributed by atoms with Crippen molar-refractivity contribution < 1.29 is 18.9 Å². The molecule has 14 rings (SSSR count). The topological polar surface area (TPSA) is 53.3 Å². The molecule has 0 radical (unpaired) electrons. The minimum Gasteiger partial charge on any atom is -0.346 e. The molecule has 2 saturated heterocycles. The van der Waals surface area contributed by atoms with Crippen LogP contribution in [0.3, 0.4) is 0 Å². The van der Waals surface area contributed by atoms with E-state index in [0.29, 0.717) is 26.4 Å². The van der Waals surface area contributed by atoms with E-state index in [4.69, 9.17) is 18.9 Å². The molecule has 12 aromatic rings. The van der Waals surface area contributed by atoms with E-state index in [0.717, 1.165) is 111 Å². The predicted octanol–water partition coefficient (Wildman–Crippen LogP) is 16.6. The Labute approximate surface area is 429 Å². The summed E-state index contributed by atoms with van der Waals surface area (Å²) < 4.78 is 28.6. The van der Waals surface area contributed by atoms with Crippen LogP contribution in [0.4, 0.5) is 34.1 Å². The summed E-state index contributed by atoms with van der Waals surface area (Å²) in [4.78, 5) is 4.68. The van der Waals surface area contributed by atoms with E-state index in [1.54, 1.807) is 0 Å². The maximum atomic E-state index is 5.97. The number of fused-ring (bicyclic) bond motifs is 6. The number of rotatable bonds is 11. The molecule has 8 heteroatoms. The molecule has 74 heavy (non-hydrogen) atoms. The summed E-state index contributed by atoms with van der Waals surface area (Å²) in [6, 6.07) is 87.0. The Balaban J connectivity index is 0.825. The second-order valence-electron chi connectivity index (χ2n) is 18.9. The zero-order valence-corrected chi connectivity index (χ0v) is 40.5. The van der Waals surface area contributed by atoms with Gasteiger partial charge in [0.2, 0.25) is 0 Å². The molecule has 0 bridgehead atoms. The number of ether oxygens (including phenoxy) is 4. The van der Waals surface area contributed by atoms with Gasteiger partial charge in [0.1, 0.15) is 0 Å². The lowest BCUT2D eigenvalue weighted by Gasteiger charge is -2.26. The lowest BCUT2D eigenvalue weighted by Crippen LogP contribution is -2.10. The molecule has 0 amide bonds. The molecule has 10 aromatic carbocycles. The van der Waals surface area contributed by atoms with E-state index >= 15 is 0 Å². The Morgan fingerprint density at radius 3 is 0.946 bits per heavy atom. The van der Waals surface area contributed by atoms with Crippen LogP contribution in [0.1, 0.15) is 23.7 Å². The second kappa shape index (κ2) is 18.7. The number of benzene rings is 10. The molecule has 0 spiro atoms. The second-order valence-corrected chi connectivity index (χ2v) is 18.9. The highest BCUT2D eigenvalue weighted by molar-refractivity contribution is 6.12. The van der Waals surface area contributed by atoms with Crippen molar-refractivity contribution in [2.24, 2.45) is 0 Å². The standard InChI is InChI=1S/C66H50N4O4/c1-5-13-49(14-6-1)67(55-31-35-63-59(43-55)57-41-47(65-71-37-38-72-65)25-33-61(57)69(63)51-17-9-3-10-18-51)53-27-21-45(22-28-53)46-23-29-54(30-24-46)68(50-15-7-2-8-16-50)56-32-36-64-60(44-56)58-42-48(66-73-39-40-74-66)26-34-62(58)70(64)52-19-11-4-12-20-52/h1-36,41-44,65-66H,37-40H2. The van der Waals surface area contributed by atoms with Crippen molar-refractivity contribution in [2.75, 3.05) is 36.2 Å². The Morgan fingerprint density at radius 2 is 0.581 bits per heavy atom. The van der Waals surface area contributed by atoms with Crippen LogP contribution in [-0.4, -0.2) is 35.6 Å². The van der Waals surface area contributed by atoms with Gasteiger partial charge in [-0.2, -0.15) is 0 Å². The third-order valence-corrected chi connectivity index (χ3v) is 14.5. The van der Waals surface area contributed by atoms with Gasteiger partial charge >= 0.3 is 0 Å². The minimum absolute atomic E-state index is 0.366. The van der Waals surface area contributed by atoms with Gasteiger partial charge in [-0.1, -0.05) is 109 Å². The van der Waals surface area contributed by atoms with Gasteiger partial charge in [0.25, 0.3) is 0 Å². The molecular formula is C66H50N4O4. The largest absolute Gasteiger partial charge is 0.346 e. The smallest absolute Gasteiger partial charge is 0.184 e. The highest BCUT2D eigenvalue weighted by Crippen LogP contribution is 2.44. The third-order valence-electron chi connectivity index (χ3n) is 14.5. The highest BCUT2D eigenvalue weighted by Gasteiger charge is 2.24. The van der Waals surface area contributed by atoms with Crippen LogP contribution < -0.4 is 9.80 Å². The summed E-state index contributed by atoms with van der Waals surface area (Å²) in [7, 11) is 0. The molecule has 0 N–H and O–H groups in total. The van der Waals surface area contributed by atoms with E-state index in [-0.39, 0.29) is 12.6 Å². The molecule has 358 valence electrons. The summed E-state index contributed by atoms with van der Waals surface area (Å²) in [5.74, 6) is 0. The molecule has 2 aromatic heterocycles. The average molecular weight is 963 g/mol. The number of aromatic nitrogens is 2. The number of hydrogen-bond acceptors (Lipinski definition) is 6.